The molecule has 7 nitrogen and oxygen atoms in total. The molecule has 2 aromatic heterocycles. The van der Waals surface area contributed by atoms with Gasteiger partial charge in [-0.3, -0.25) is 4.68 Å². The van der Waals surface area contributed by atoms with E-state index in [1.807, 2.05) is 20.2 Å². The molecule has 2 aromatic rings. The lowest BCUT2D eigenvalue weighted by Gasteiger charge is -2.03. The van der Waals surface area contributed by atoms with Crippen molar-refractivity contribution in [3.05, 3.63) is 17.2 Å². The first-order chi connectivity index (χ1) is 8.08. The summed E-state index contributed by atoms with van der Waals surface area (Å²) in [6, 6.07) is 0. The van der Waals surface area contributed by atoms with Gasteiger partial charge in [0.1, 0.15) is 0 Å². The molecule has 0 aliphatic rings. The summed E-state index contributed by atoms with van der Waals surface area (Å²) in [5.74, 6) is 0.389. The molecule has 8 heteroatoms. The number of nitrogens with one attached hydrogen (secondary N) is 1. The van der Waals surface area contributed by atoms with Crippen molar-refractivity contribution >= 4 is 29.2 Å². The van der Waals surface area contributed by atoms with E-state index in [9.17, 15) is 0 Å². The number of rotatable bonds is 3. The van der Waals surface area contributed by atoms with Crippen molar-refractivity contribution in [1.29, 1.82) is 0 Å². The minimum absolute atomic E-state index is 0.0574. The normalized spacial score (nSPS) is 10.5. The van der Waals surface area contributed by atoms with E-state index in [0.717, 1.165) is 17.8 Å². The van der Waals surface area contributed by atoms with E-state index in [4.69, 9.17) is 17.3 Å². The van der Waals surface area contributed by atoms with Gasteiger partial charge < -0.3 is 11.1 Å². The monoisotopic (exact) mass is 253 g/mol. The maximum atomic E-state index is 5.69. The van der Waals surface area contributed by atoms with Crippen LogP contribution in [-0.4, -0.2) is 24.7 Å². The second-order valence-corrected chi connectivity index (χ2v) is 3.77. The lowest BCUT2D eigenvalue weighted by atomic mass is 10.3. The second kappa shape index (κ2) is 4.54. The third kappa shape index (κ3) is 2.62. The Morgan fingerprint density at radius 3 is 2.82 bits per heavy atom. The Hall–Kier alpha value is -1.89. The van der Waals surface area contributed by atoms with E-state index in [1.165, 1.54) is 0 Å². The van der Waals surface area contributed by atoms with Gasteiger partial charge >= 0.3 is 0 Å². The van der Waals surface area contributed by atoms with Gasteiger partial charge in [-0.15, -0.1) is 0 Å². The summed E-state index contributed by atoms with van der Waals surface area (Å²) < 4.78 is 1.72. The van der Waals surface area contributed by atoms with E-state index in [0.29, 0.717) is 5.95 Å². The predicted molar refractivity (Wildman–Crippen MR) is 65.1 cm³/mol. The fraction of sp³-hybridized carbons (Fsp3) is 0.333. The predicted octanol–water partition coefficient (Wildman–Crippen LogP) is 1.15. The Morgan fingerprint density at radius 1 is 1.41 bits per heavy atom. The van der Waals surface area contributed by atoms with Crippen LogP contribution in [0.3, 0.4) is 0 Å². The minimum Gasteiger partial charge on any atom is -0.368 e. The molecule has 0 saturated carbocycles. The Bertz CT molecular complexity index is 516. The molecule has 0 aliphatic heterocycles. The highest BCUT2D eigenvalue weighted by Gasteiger charge is 2.08. The molecule has 90 valence electrons. The quantitative estimate of drug-likeness (QED) is 0.852. The summed E-state index contributed by atoms with van der Waals surface area (Å²) in [5.41, 5.74) is 7.23. The molecule has 17 heavy (non-hydrogen) atoms. The molecule has 0 aromatic carbocycles. The highest BCUT2D eigenvalue weighted by Crippen LogP contribution is 2.18. The van der Waals surface area contributed by atoms with Crippen molar-refractivity contribution in [2.75, 3.05) is 11.1 Å². The maximum absolute atomic E-state index is 5.69. The number of nitrogen functional groups attached to an aromatic ring is 1. The molecular weight excluding hydrogens is 242 g/mol. The SMILES string of the molecule is CCc1nn(C)cc1Nc1nc(N)nc(Cl)n1. The number of aromatic nitrogens is 5. The van der Waals surface area contributed by atoms with E-state index in [1.54, 1.807) is 4.68 Å². The fourth-order valence-electron chi connectivity index (χ4n) is 1.44. The van der Waals surface area contributed by atoms with Gasteiger partial charge in [0.05, 0.1) is 11.4 Å². The number of nitrogens with zero attached hydrogens (tertiary/aromatic N) is 5. The van der Waals surface area contributed by atoms with Gasteiger partial charge in [-0.2, -0.15) is 20.1 Å². The molecular formula is C9H12ClN7. The third-order valence-electron chi connectivity index (χ3n) is 2.11. The first kappa shape index (κ1) is 11.6. The van der Waals surface area contributed by atoms with Crippen LogP contribution in [0.2, 0.25) is 5.28 Å². The van der Waals surface area contributed by atoms with Crippen LogP contribution in [0, 0.1) is 0 Å². The summed E-state index contributed by atoms with van der Waals surface area (Å²) in [7, 11) is 1.85. The number of hydrogen-bond acceptors (Lipinski definition) is 6. The average Bonchev–Trinajstić information content (AvgIpc) is 2.57. The maximum Gasteiger partial charge on any atom is 0.233 e. The molecule has 0 unspecified atom stereocenters. The largest absolute Gasteiger partial charge is 0.368 e. The van der Waals surface area contributed by atoms with Gasteiger partial charge in [0.2, 0.25) is 17.2 Å². The topological polar surface area (TPSA) is 94.5 Å². The Balaban J connectivity index is 2.30. The zero-order valence-corrected chi connectivity index (χ0v) is 10.2. The van der Waals surface area contributed by atoms with Crippen molar-refractivity contribution in [3.63, 3.8) is 0 Å². The molecule has 0 spiro atoms. The van der Waals surface area contributed by atoms with Crippen LogP contribution >= 0.6 is 11.6 Å². The van der Waals surface area contributed by atoms with Gasteiger partial charge in [-0.25, -0.2) is 0 Å². The van der Waals surface area contributed by atoms with Crippen LogP contribution in [0.25, 0.3) is 0 Å². The van der Waals surface area contributed by atoms with Crippen LogP contribution < -0.4 is 11.1 Å². The molecule has 0 radical (unpaired) electrons. The van der Waals surface area contributed by atoms with Crippen molar-refractivity contribution in [1.82, 2.24) is 24.7 Å². The number of anilines is 3. The van der Waals surface area contributed by atoms with Crippen LogP contribution in [0.15, 0.2) is 6.20 Å². The van der Waals surface area contributed by atoms with E-state index in [2.05, 4.69) is 25.4 Å². The Morgan fingerprint density at radius 2 is 2.18 bits per heavy atom. The lowest BCUT2D eigenvalue weighted by Crippen LogP contribution is -2.03. The molecule has 0 atom stereocenters. The number of aryl methyl sites for hydroxylation is 2. The summed E-state index contributed by atoms with van der Waals surface area (Å²) >= 11 is 5.69. The molecule has 0 bridgehead atoms. The summed E-state index contributed by atoms with van der Waals surface area (Å²) in [4.78, 5) is 11.5. The molecule has 0 amide bonds. The second-order valence-electron chi connectivity index (χ2n) is 3.43. The van der Waals surface area contributed by atoms with Crippen molar-refractivity contribution in [2.24, 2.45) is 7.05 Å². The molecule has 0 fully saturated rings. The molecule has 3 N–H and O–H groups in total. The Labute approximate surface area is 103 Å². The standard InChI is InChI=1S/C9H12ClN7/c1-3-5-6(4-17(2)16-5)12-9-14-7(10)13-8(11)15-9/h4H,3H2,1-2H3,(H3,11,12,13,14,15). The number of hydrogen-bond donors (Lipinski definition) is 2. The van der Waals surface area contributed by atoms with Crippen LogP contribution in [0.5, 0.6) is 0 Å². The van der Waals surface area contributed by atoms with Crippen LogP contribution in [-0.2, 0) is 13.5 Å². The van der Waals surface area contributed by atoms with Gasteiger partial charge in [-0.05, 0) is 18.0 Å². The highest BCUT2D eigenvalue weighted by atomic mass is 35.5. The molecule has 0 aliphatic carbocycles. The smallest absolute Gasteiger partial charge is 0.233 e. The number of halogens is 1. The van der Waals surface area contributed by atoms with Gasteiger partial charge in [-0.1, -0.05) is 6.92 Å². The zero-order valence-electron chi connectivity index (χ0n) is 9.48. The van der Waals surface area contributed by atoms with Crippen molar-refractivity contribution in [2.45, 2.75) is 13.3 Å². The number of nitrogens with two attached hydrogens (primary N) is 1. The van der Waals surface area contributed by atoms with E-state index >= 15 is 0 Å². The van der Waals surface area contributed by atoms with Crippen molar-refractivity contribution in [3.8, 4) is 0 Å². The third-order valence-corrected chi connectivity index (χ3v) is 2.28. The minimum atomic E-state index is 0.0574. The summed E-state index contributed by atoms with van der Waals surface area (Å²) in [6.45, 7) is 2.02. The van der Waals surface area contributed by atoms with Gasteiger partial charge in [0.15, 0.2) is 0 Å². The lowest BCUT2D eigenvalue weighted by molar-refractivity contribution is 0.746. The van der Waals surface area contributed by atoms with E-state index < -0.39 is 0 Å². The van der Waals surface area contributed by atoms with Crippen LogP contribution in [0.1, 0.15) is 12.6 Å². The first-order valence-electron chi connectivity index (χ1n) is 5.05. The van der Waals surface area contributed by atoms with E-state index in [-0.39, 0.29) is 11.2 Å². The van der Waals surface area contributed by atoms with Crippen molar-refractivity contribution < 1.29 is 0 Å². The first-order valence-corrected chi connectivity index (χ1v) is 5.43. The zero-order chi connectivity index (χ0) is 12.4. The van der Waals surface area contributed by atoms with Gasteiger partial charge in [0, 0.05) is 13.2 Å². The molecule has 0 saturated heterocycles. The Kier molecular flexibility index (Phi) is 3.10. The fourth-order valence-corrected chi connectivity index (χ4v) is 1.61. The average molecular weight is 254 g/mol. The van der Waals surface area contributed by atoms with Gasteiger partial charge in [0.25, 0.3) is 0 Å². The highest BCUT2D eigenvalue weighted by molar-refractivity contribution is 6.28. The van der Waals surface area contributed by atoms with Crippen LogP contribution in [0.4, 0.5) is 17.6 Å². The molecule has 2 heterocycles. The summed E-state index contributed by atoms with van der Waals surface area (Å²) in [6.07, 6.45) is 2.64. The molecule has 2 rings (SSSR count). The summed E-state index contributed by atoms with van der Waals surface area (Å²) in [5, 5.41) is 7.36.